The minimum absolute atomic E-state index is 0.256. The van der Waals surface area contributed by atoms with E-state index in [9.17, 15) is 0 Å². The Hall–Kier alpha value is -0.120. The molecule has 0 aromatic heterocycles. The molecule has 0 unspecified atom stereocenters. The van der Waals surface area contributed by atoms with E-state index >= 15 is 0 Å². The molecule has 3 heteroatoms. The van der Waals surface area contributed by atoms with E-state index in [4.69, 9.17) is 9.84 Å². The van der Waals surface area contributed by atoms with Gasteiger partial charge in [-0.2, -0.15) is 0 Å². The summed E-state index contributed by atoms with van der Waals surface area (Å²) in [5.41, 5.74) is 0. The van der Waals surface area contributed by atoms with E-state index in [1.165, 1.54) is 0 Å². The third-order valence-corrected chi connectivity index (χ3v) is 2.40. The zero-order valence-electron chi connectivity index (χ0n) is 8.79. The summed E-state index contributed by atoms with van der Waals surface area (Å²) < 4.78 is 5.62. The standard InChI is InChI=1S/C10H21NO2/c1-7(12)6-11-10-4-8(2)13-9(3)5-10/h7-12H,4-6H2,1-3H3/t7-,8-,9-/m1/s1. The van der Waals surface area contributed by atoms with Crippen molar-refractivity contribution in [1.82, 2.24) is 5.32 Å². The molecule has 78 valence electrons. The first-order chi connectivity index (χ1) is 6.08. The zero-order chi connectivity index (χ0) is 9.84. The van der Waals surface area contributed by atoms with Gasteiger partial charge in [-0.3, -0.25) is 0 Å². The van der Waals surface area contributed by atoms with Crippen LogP contribution < -0.4 is 5.32 Å². The molecular weight excluding hydrogens is 166 g/mol. The van der Waals surface area contributed by atoms with Gasteiger partial charge < -0.3 is 15.2 Å². The Balaban J connectivity index is 2.25. The molecule has 0 spiro atoms. The highest BCUT2D eigenvalue weighted by molar-refractivity contribution is 4.78. The van der Waals surface area contributed by atoms with Crippen LogP contribution >= 0.6 is 0 Å². The third kappa shape index (κ3) is 4.07. The van der Waals surface area contributed by atoms with E-state index in [1.54, 1.807) is 6.92 Å². The Bertz CT molecular complexity index is 140. The number of rotatable bonds is 3. The van der Waals surface area contributed by atoms with Gasteiger partial charge in [0.15, 0.2) is 0 Å². The van der Waals surface area contributed by atoms with E-state index in [0.29, 0.717) is 24.8 Å². The number of nitrogens with one attached hydrogen (secondary N) is 1. The number of aliphatic hydroxyl groups excluding tert-OH is 1. The molecule has 0 aliphatic carbocycles. The van der Waals surface area contributed by atoms with Gasteiger partial charge in [0.2, 0.25) is 0 Å². The number of hydrogen-bond acceptors (Lipinski definition) is 3. The summed E-state index contributed by atoms with van der Waals surface area (Å²) in [5, 5.41) is 12.5. The molecule has 3 nitrogen and oxygen atoms in total. The van der Waals surface area contributed by atoms with Gasteiger partial charge >= 0.3 is 0 Å². The molecule has 1 fully saturated rings. The molecule has 1 aliphatic rings. The third-order valence-electron chi connectivity index (χ3n) is 2.40. The Morgan fingerprint density at radius 3 is 2.38 bits per heavy atom. The van der Waals surface area contributed by atoms with Crippen LogP contribution in [0.4, 0.5) is 0 Å². The summed E-state index contributed by atoms with van der Waals surface area (Å²) in [6, 6.07) is 0.508. The van der Waals surface area contributed by atoms with E-state index in [1.807, 2.05) is 0 Å². The van der Waals surface area contributed by atoms with Crippen LogP contribution in [0.25, 0.3) is 0 Å². The van der Waals surface area contributed by atoms with Gasteiger partial charge in [-0.05, 0) is 33.6 Å². The predicted molar refractivity (Wildman–Crippen MR) is 52.7 cm³/mol. The van der Waals surface area contributed by atoms with Gasteiger partial charge in [0.1, 0.15) is 0 Å². The van der Waals surface area contributed by atoms with Crippen molar-refractivity contribution in [3.05, 3.63) is 0 Å². The highest BCUT2D eigenvalue weighted by Gasteiger charge is 2.23. The lowest BCUT2D eigenvalue weighted by molar-refractivity contribution is -0.0431. The van der Waals surface area contributed by atoms with Gasteiger partial charge in [0, 0.05) is 12.6 Å². The highest BCUT2D eigenvalue weighted by atomic mass is 16.5. The lowest BCUT2D eigenvalue weighted by atomic mass is 10.00. The normalized spacial score (nSPS) is 37.4. The number of hydrogen-bond donors (Lipinski definition) is 2. The summed E-state index contributed by atoms with van der Waals surface area (Å²) in [4.78, 5) is 0. The fraction of sp³-hybridized carbons (Fsp3) is 1.00. The van der Waals surface area contributed by atoms with Gasteiger partial charge in [0.05, 0.1) is 18.3 Å². The molecule has 2 N–H and O–H groups in total. The average Bonchev–Trinajstić information content (AvgIpc) is 1.99. The van der Waals surface area contributed by atoms with Crippen LogP contribution in [0, 0.1) is 0 Å². The monoisotopic (exact) mass is 187 g/mol. The molecule has 1 rings (SSSR count). The first-order valence-electron chi connectivity index (χ1n) is 5.15. The van der Waals surface area contributed by atoms with Crippen molar-refractivity contribution in [3.8, 4) is 0 Å². The molecule has 1 saturated heterocycles. The van der Waals surface area contributed by atoms with Crippen molar-refractivity contribution in [2.24, 2.45) is 0 Å². The van der Waals surface area contributed by atoms with Crippen molar-refractivity contribution >= 4 is 0 Å². The second-order valence-corrected chi connectivity index (χ2v) is 4.18. The first kappa shape index (κ1) is 11.0. The maximum atomic E-state index is 9.12. The fourth-order valence-electron chi connectivity index (χ4n) is 1.91. The van der Waals surface area contributed by atoms with Crippen LogP contribution in [0.2, 0.25) is 0 Å². The molecule has 0 saturated carbocycles. The Morgan fingerprint density at radius 2 is 1.92 bits per heavy atom. The maximum Gasteiger partial charge on any atom is 0.0636 e. The zero-order valence-corrected chi connectivity index (χ0v) is 8.79. The van der Waals surface area contributed by atoms with Crippen molar-refractivity contribution in [2.45, 2.75) is 58.0 Å². The smallest absolute Gasteiger partial charge is 0.0636 e. The van der Waals surface area contributed by atoms with E-state index in [2.05, 4.69) is 19.2 Å². The van der Waals surface area contributed by atoms with Crippen molar-refractivity contribution in [2.75, 3.05) is 6.54 Å². The van der Waals surface area contributed by atoms with Crippen LogP contribution in [0.1, 0.15) is 33.6 Å². The molecule has 3 atom stereocenters. The fourth-order valence-corrected chi connectivity index (χ4v) is 1.91. The van der Waals surface area contributed by atoms with E-state index in [-0.39, 0.29) is 6.10 Å². The molecule has 13 heavy (non-hydrogen) atoms. The Morgan fingerprint density at radius 1 is 1.38 bits per heavy atom. The van der Waals surface area contributed by atoms with E-state index < -0.39 is 0 Å². The van der Waals surface area contributed by atoms with Gasteiger partial charge in [0.25, 0.3) is 0 Å². The van der Waals surface area contributed by atoms with Crippen LogP contribution in [-0.4, -0.2) is 36.0 Å². The number of ether oxygens (including phenoxy) is 1. The highest BCUT2D eigenvalue weighted by Crippen LogP contribution is 2.18. The van der Waals surface area contributed by atoms with Crippen LogP contribution in [0.15, 0.2) is 0 Å². The summed E-state index contributed by atoms with van der Waals surface area (Å²) in [7, 11) is 0. The second-order valence-electron chi connectivity index (χ2n) is 4.18. The lowest BCUT2D eigenvalue weighted by Crippen LogP contribution is -2.43. The predicted octanol–water partition coefficient (Wildman–Crippen LogP) is 0.913. The molecule has 0 radical (unpaired) electrons. The van der Waals surface area contributed by atoms with Crippen molar-refractivity contribution < 1.29 is 9.84 Å². The van der Waals surface area contributed by atoms with Crippen LogP contribution in [0.3, 0.4) is 0 Å². The summed E-state index contributed by atoms with van der Waals surface area (Å²) in [6.07, 6.45) is 2.53. The van der Waals surface area contributed by atoms with E-state index in [0.717, 1.165) is 12.8 Å². The summed E-state index contributed by atoms with van der Waals surface area (Å²) in [5.74, 6) is 0. The minimum atomic E-state index is -0.256. The SMILES string of the molecule is C[C@@H]1CC(NC[C@@H](C)O)C[C@@H](C)O1. The second kappa shape index (κ2) is 4.94. The number of aliphatic hydroxyl groups is 1. The molecule has 0 aromatic rings. The molecule has 1 heterocycles. The first-order valence-corrected chi connectivity index (χ1v) is 5.15. The van der Waals surface area contributed by atoms with Gasteiger partial charge in [-0.25, -0.2) is 0 Å². The molecule has 0 bridgehead atoms. The lowest BCUT2D eigenvalue weighted by Gasteiger charge is -2.32. The molecule has 1 aliphatic heterocycles. The molecule has 0 aromatic carbocycles. The summed E-state index contributed by atoms with van der Waals surface area (Å²) in [6.45, 7) is 6.70. The quantitative estimate of drug-likeness (QED) is 0.690. The average molecular weight is 187 g/mol. The Kier molecular flexibility index (Phi) is 4.16. The Labute approximate surface area is 80.5 Å². The van der Waals surface area contributed by atoms with Crippen LogP contribution in [0.5, 0.6) is 0 Å². The molecular formula is C10H21NO2. The molecule has 0 amide bonds. The van der Waals surface area contributed by atoms with Crippen LogP contribution in [-0.2, 0) is 4.74 Å². The topological polar surface area (TPSA) is 41.5 Å². The minimum Gasteiger partial charge on any atom is -0.392 e. The van der Waals surface area contributed by atoms with Crippen molar-refractivity contribution in [3.63, 3.8) is 0 Å². The summed E-state index contributed by atoms with van der Waals surface area (Å²) >= 11 is 0. The van der Waals surface area contributed by atoms with Gasteiger partial charge in [-0.15, -0.1) is 0 Å². The van der Waals surface area contributed by atoms with Gasteiger partial charge in [-0.1, -0.05) is 0 Å². The van der Waals surface area contributed by atoms with Crippen molar-refractivity contribution in [1.29, 1.82) is 0 Å². The maximum absolute atomic E-state index is 9.12. The largest absolute Gasteiger partial charge is 0.392 e.